The van der Waals surface area contributed by atoms with Crippen LogP contribution < -0.4 is 10.6 Å². The van der Waals surface area contributed by atoms with Gasteiger partial charge in [0.2, 0.25) is 5.91 Å². The molecule has 0 heterocycles. The number of carbonyl (C=O) groups excluding carboxylic acids is 1. The van der Waals surface area contributed by atoms with E-state index in [1.165, 1.54) is 11.1 Å². The molecular weight excluding hydrogens is 260 g/mol. The maximum Gasteiger partial charge on any atom is 0.243 e. The Balaban J connectivity index is 1.91. The van der Waals surface area contributed by atoms with Gasteiger partial charge < -0.3 is 10.6 Å². The highest BCUT2D eigenvalue weighted by molar-refractivity contribution is 5.94. The van der Waals surface area contributed by atoms with Crippen LogP contribution in [0.3, 0.4) is 0 Å². The minimum absolute atomic E-state index is 0.0386. The second kappa shape index (κ2) is 6.93. The molecule has 3 heteroatoms. The molecule has 0 saturated heterocycles. The van der Waals surface area contributed by atoms with Gasteiger partial charge in [0, 0.05) is 11.4 Å². The third-order valence-corrected chi connectivity index (χ3v) is 3.69. The first-order valence-corrected chi connectivity index (χ1v) is 7.29. The lowest BCUT2D eigenvalue weighted by molar-refractivity contribution is -0.114. The second-order valence-electron chi connectivity index (χ2n) is 5.20. The number of rotatable bonds is 5. The summed E-state index contributed by atoms with van der Waals surface area (Å²) in [7, 11) is 0. The van der Waals surface area contributed by atoms with Crippen LogP contribution in [-0.2, 0) is 11.2 Å². The van der Waals surface area contributed by atoms with Crippen molar-refractivity contribution in [1.82, 2.24) is 0 Å². The zero-order valence-electron chi connectivity index (χ0n) is 12.9. The van der Waals surface area contributed by atoms with Gasteiger partial charge in [0.15, 0.2) is 0 Å². The highest BCUT2D eigenvalue weighted by Gasteiger charge is 2.05. The molecule has 0 aliphatic rings. The molecule has 0 aliphatic carbocycles. The SMILES string of the molecule is CCc1ccc(NCC(=O)Nc2cccc(C)c2C)cc1. The van der Waals surface area contributed by atoms with E-state index in [1.807, 2.05) is 44.2 Å². The van der Waals surface area contributed by atoms with Crippen LogP contribution in [0.1, 0.15) is 23.6 Å². The van der Waals surface area contributed by atoms with Crippen molar-refractivity contribution < 1.29 is 4.79 Å². The number of nitrogens with one attached hydrogen (secondary N) is 2. The van der Waals surface area contributed by atoms with E-state index in [9.17, 15) is 4.79 Å². The van der Waals surface area contributed by atoms with Gasteiger partial charge in [-0.3, -0.25) is 4.79 Å². The smallest absolute Gasteiger partial charge is 0.243 e. The van der Waals surface area contributed by atoms with Crippen LogP contribution in [0.4, 0.5) is 11.4 Å². The van der Waals surface area contributed by atoms with Crippen LogP contribution in [0.25, 0.3) is 0 Å². The van der Waals surface area contributed by atoms with Crippen molar-refractivity contribution in [2.45, 2.75) is 27.2 Å². The van der Waals surface area contributed by atoms with E-state index in [0.717, 1.165) is 23.4 Å². The van der Waals surface area contributed by atoms with Crippen LogP contribution >= 0.6 is 0 Å². The number of hydrogen-bond acceptors (Lipinski definition) is 2. The summed E-state index contributed by atoms with van der Waals surface area (Å²) < 4.78 is 0. The Hall–Kier alpha value is -2.29. The first-order chi connectivity index (χ1) is 10.1. The predicted molar refractivity (Wildman–Crippen MR) is 88.9 cm³/mol. The van der Waals surface area contributed by atoms with E-state index < -0.39 is 0 Å². The van der Waals surface area contributed by atoms with Gasteiger partial charge in [-0.15, -0.1) is 0 Å². The molecule has 1 amide bonds. The van der Waals surface area contributed by atoms with E-state index in [0.29, 0.717) is 0 Å². The highest BCUT2D eigenvalue weighted by atomic mass is 16.1. The average molecular weight is 282 g/mol. The standard InChI is InChI=1S/C18H22N2O/c1-4-15-8-10-16(11-9-15)19-12-18(21)20-17-7-5-6-13(2)14(17)3/h5-11,19H,4,12H2,1-3H3,(H,20,21). The van der Waals surface area contributed by atoms with E-state index in [2.05, 4.69) is 29.7 Å². The summed E-state index contributed by atoms with van der Waals surface area (Å²) in [5.74, 6) is -0.0386. The number of aryl methyl sites for hydroxylation is 2. The summed E-state index contributed by atoms with van der Waals surface area (Å²) in [6.45, 7) is 6.44. The van der Waals surface area contributed by atoms with E-state index >= 15 is 0 Å². The highest BCUT2D eigenvalue weighted by Crippen LogP contribution is 2.17. The molecule has 0 unspecified atom stereocenters. The van der Waals surface area contributed by atoms with Crippen molar-refractivity contribution in [1.29, 1.82) is 0 Å². The summed E-state index contributed by atoms with van der Waals surface area (Å²) in [5.41, 5.74) is 5.42. The van der Waals surface area contributed by atoms with Gasteiger partial charge in [0.05, 0.1) is 6.54 Å². The number of hydrogen-bond donors (Lipinski definition) is 2. The second-order valence-corrected chi connectivity index (χ2v) is 5.20. The Morgan fingerprint density at radius 2 is 1.76 bits per heavy atom. The average Bonchev–Trinajstić information content (AvgIpc) is 2.50. The first kappa shape index (κ1) is 15.1. The third-order valence-electron chi connectivity index (χ3n) is 3.69. The molecule has 2 aromatic carbocycles. The van der Waals surface area contributed by atoms with Gasteiger partial charge in [-0.25, -0.2) is 0 Å². The summed E-state index contributed by atoms with van der Waals surface area (Å²) in [4.78, 5) is 12.0. The van der Waals surface area contributed by atoms with Gasteiger partial charge in [0.1, 0.15) is 0 Å². The van der Waals surface area contributed by atoms with Gasteiger partial charge >= 0.3 is 0 Å². The van der Waals surface area contributed by atoms with Crippen molar-refractivity contribution >= 4 is 17.3 Å². The van der Waals surface area contributed by atoms with Crippen molar-refractivity contribution in [3.63, 3.8) is 0 Å². The monoisotopic (exact) mass is 282 g/mol. The molecule has 0 aromatic heterocycles. The van der Waals surface area contributed by atoms with Crippen LogP contribution in [0.15, 0.2) is 42.5 Å². The Morgan fingerprint density at radius 3 is 2.43 bits per heavy atom. The van der Waals surface area contributed by atoms with Crippen molar-refractivity contribution in [3.8, 4) is 0 Å². The number of amides is 1. The maximum atomic E-state index is 12.0. The fourth-order valence-electron chi connectivity index (χ4n) is 2.12. The van der Waals surface area contributed by atoms with Crippen LogP contribution in [0.2, 0.25) is 0 Å². The first-order valence-electron chi connectivity index (χ1n) is 7.29. The Bertz CT molecular complexity index is 618. The fraction of sp³-hybridized carbons (Fsp3) is 0.278. The van der Waals surface area contributed by atoms with E-state index in [1.54, 1.807) is 0 Å². The molecule has 0 saturated carbocycles. The molecule has 3 nitrogen and oxygen atoms in total. The lowest BCUT2D eigenvalue weighted by Gasteiger charge is -2.11. The molecule has 0 radical (unpaired) electrons. The molecule has 2 N–H and O–H groups in total. The summed E-state index contributed by atoms with van der Waals surface area (Å²) >= 11 is 0. The molecule has 0 bridgehead atoms. The molecule has 0 aliphatic heterocycles. The van der Waals surface area contributed by atoms with Gasteiger partial charge in [-0.2, -0.15) is 0 Å². The molecule has 0 atom stereocenters. The number of anilines is 2. The molecule has 2 rings (SSSR count). The molecular formula is C18H22N2O. The van der Waals surface area contributed by atoms with Crippen molar-refractivity contribution in [2.24, 2.45) is 0 Å². The van der Waals surface area contributed by atoms with Gasteiger partial charge in [0.25, 0.3) is 0 Å². The zero-order valence-corrected chi connectivity index (χ0v) is 12.9. The molecule has 0 spiro atoms. The minimum atomic E-state index is -0.0386. The lowest BCUT2D eigenvalue weighted by atomic mass is 10.1. The van der Waals surface area contributed by atoms with E-state index in [4.69, 9.17) is 0 Å². The Kier molecular flexibility index (Phi) is 4.99. The predicted octanol–water partition coefficient (Wildman–Crippen LogP) is 3.92. The number of carbonyl (C=O) groups is 1. The Morgan fingerprint density at radius 1 is 1.05 bits per heavy atom. The minimum Gasteiger partial charge on any atom is -0.376 e. The number of benzene rings is 2. The molecule has 21 heavy (non-hydrogen) atoms. The Labute approximate surface area is 126 Å². The molecule has 2 aromatic rings. The zero-order chi connectivity index (χ0) is 15.2. The van der Waals surface area contributed by atoms with Gasteiger partial charge in [-0.1, -0.05) is 31.2 Å². The van der Waals surface area contributed by atoms with Gasteiger partial charge in [-0.05, 0) is 55.2 Å². The normalized spacial score (nSPS) is 10.2. The summed E-state index contributed by atoms with van der Waals surface area (Å²) in [5, 5.41) is 6.08. The lowest BCUT2D eigenvalue weighted by Crippen LogP contribution is -2.22. The largest absolute Gasteiger partial charge is 0.376 e. The molecule has 110 valence electrons. The van der Waals surface area contributed by atoms with Crippen molar-refractivity contribution in [2.75, 3.05) is 17.2 Å². The fourth-order valence-corrected chi connectivity index (χ4v) is 2.12. The third kappa shape index (κ3) is 4.09. The maximum absolute atomic E-state index is 12.0. The van der Waals surface area contributed by atoms with Crippen molar-refractivity contribution in [3.05, 3.63) is 59.2 Å². The summed E-state index contributed by atoms with van der Waals surface area (Å²) in [6.07, 6.45) is 1.02. The van der Waals surface area contributed by atoms with E-state index in [-0.39, 0.29) is 12.5 Å². The summed E-state index contributed by atoms with van der Waals surface area (Å²) in [6, 6.07) is 14.1. The van der Waals surface area contributed by atoms with Crippen LogP contribution in [-0.4, -0.2) is 12.5 Å². The quantitative estimate of drug-likeness (QED) is 0.872. The van der Waals surface area contributed by atoms with Crippen LogP contribution in [0.5, 0.6) is 0 Å². The van der Waals surface area contributed by atoms with Crippen LogP contribution in [0, 0.1) is 13.8 Å². The topological polar surface area (TPSA) is 41.1 Å². The molecule has 0 fully saturated rings.